The maximum Gasteiger partial charge on any atom is 0.309 e. The van der Waals surface area contributed by atoms with Crippen LogP contribution in [0.1, 0.15) is 31.4 Å². The molecule has 0 saturated carbocycles. The number of carbonyl (C=O) groups is 1. The number of ether oxygens (including phenoxy) is 1. The molecule has 0 unspecified atom stereocenters. The smallest absolute Gasteiger partial charge is 0.309 e. The lowest BCUT2D eigenvalue weighted by molar-refractivity contribution is -0.147. The molecule has 0 aliphatic carbocycles. The van der Waals surface area contributed by atoms with Crippen molar-refractivity contribution in [3.05, 3.63) is 52.0 Å². The first-order valence-electron chi connectivity index (χ1n) is 10.6. The summed E-state index contributed by atoms with van der Waals surface area (Å²) in [5.74, 6) is 1.76. The number of amidine groups is 1. The maximum atomic E-state index is 11.4. The number of aryl methyl sites for hydroxylation is 1. The summed E-state index contributed by atoms with van der Waals surface area (Å²) < 4.78 is 7.21. The van der Waals surface area contributed by atoms with E-state index in [1.54, 1.807) is 13.8 Å². The summed E-state index contributed by atoms with van der Waals surface area (Å²) in [6.45, 7) is 9.86. The van der Waals surface area contributed by atoms with Gasteiger partial charge in [0.1, 0.15) is 17.3 Å². The van der Waals surface area contributed by atoms with E-state index >= 15 is 0 Å². The molecule has 1 fully saturated rings. The molecule has 2 aliphatic rings. The van der Waals surface area contributed by atoms with E-state index in [1.807, 2.05) is 18.2 Å². The van der Waals surface area contributed by atoms with E-state index in [4.69, 9.17) is 9.73 Å². The first kappa shape index (κ1) is 21.8. The lowest BCUT2D eigenvalue weighted by atomic mass is 9.89. The van der Waals surface area contributed by atoms with Gasteiger partial charge in [0.05, 0.1) is 11.0 Å². The highest BCUT2D eigenvalue weighted by molar-refractivity contribution is 9.10. The van der Waals surface area contributed by atoms with Crippen molar-refractivity contribution >= 4 is 33.4 Å². The molecule has 0 spiro atoms. The van der Waals surface area contributed by atoms with Crippen LogP contribution in [0.2, 0.25) is 0 Å². The van der Waals surface area contributed by atoms with Gasteiger partial charge in [-0.1, -0.05) is 22.0 Å². The molecule has 0 amide bonds. The molecule has 0 bridgehead atoms. The van der Waals surface area contributed by atoms with Gasteiger partial charge in [-0.3, -0.25) is 9.69 Å². The fourth-order valence-corrected chi connectivity index (χ4v) is 4.17. The Bertz CT molecular complexity index is 1030. The molecule has 0 atom stereocenters. The number of aliphatic carboxylic acids is 1. The average Bonchev–Trinajstić information content (AvgIpc) is 2.88. The normalized spacial score (nSPS) is 16.6. The third-order valence-corrected chi connectivity index (χ3v) is 6.54. The van der Waals surface area contributed by atoms with E-state index < -0.39 is 11.4 Å². The molecule has 31 heavy (non-hydrogen) atoms. The quantitative estimate of drug-likeness (QED) is 0.655. The van der Waals surface area contributed by atoms with E-state index in [1.165, 1.54) is 0 Å². The predicted octanol–water partition coefficient (Wildman–Crippen LogP) is 5.06. The summed E-state index contributed by atoms with van der Waals surface area (Å²) in [6, 6.07) is 12.1. The second kappa shape index (κ2) is 8.63. The van der Waals surface area contributed by atoms with Crippen LogP contribution in [0.5, 0.6) is 11.5 Å². The average molecular weight is 486 g/mol. The largest absolute Gasteiger partial charge is 0.481 e. The molecule has 4 rings (SSSR count). The van der Waals surface area contributed by atoms with Crippen LogP contribution in [0, 0.1) is 12.3 Å². The molecule has 2 heterocycles. The summed E-state index contributed by atoms with van der Waals surface area (Å²) >= 11 is 3.54. The predicted molar refractivity (Wildman–Crippen MR) is 126 cm³/mol. The van der Waals surface area contributed by atoms with Crippen molar-refractivity contribution in [1.82, 2.24) is 9.80 Å². The minimum Gasteiger partial charge on any atom is -0.481 e. The lowest BCUT2D eigenvalue weighted by Crippen LogP contribution is -2.49. The zero-order valence-corrected chi connectivity index (χ0v) is 19.8. The highest BCUT2D eigenvalue weighted by Gasteiger charge is 2.30. The van der Waals surface area contributed by atoms with E-state index in [9.17, 15) is 9.90 Å². The lowest BCUT2D eigenvalue weighted by Gasteiger charge is -2.37. The molecule has 2 aromatic carbocycles. The molecule has 2 aromatic rings. The highest BCUT2D eigenvalue weighted by atomic mass is 79.9. The monoisotopic (exact) mass is 485 g/mol. The topological polar surface area (TPSA) is 65.4 Å². The van der Waals surface area contributed by atoms with Crippen molar-refractivity contribution in [3.63, 3.8) is 0 Å². The number of halogens is 1. The van der Waals surface area contributed by atoms with Crippen LogP contribution < -0.4 is 4.74 Å². The van der Waals surface area contributed by atoms with Gasteiger partial charge in [0.2, 0.25) is 0 Å². The van der Waals surface area contributed by atoms with E-state index in [0.717, 1.165) is 71.3 Å². The summed E-state index contributed by atoms with van der Waals surface area (Å²) in [7, 11) is 0. The number of rotatable bonds is 4. The number of carboxylic acid groups (broad SMARTS) is 1. The molecule has 7 heteroatoms. The van der Waals surface area contributed by atoms with Gasteiger partial charge >= 0.3 is 5.97 Å². The maximum absolute atomic E-state index is 11.4. The Morgan fingerprint density at radius 1 is 1.13 bits per heavy atom. The number of nitrogens with zero attached hydrogens (tertiary/aromatic N) is 3. The second-order valence-corrected chi connectivity index (χ2v) is 9.83. The molecular formula is C24H28BrN3O3. The number of hydrogen-bond donors (Lipinski definition) is 1. The van der Waals surface area contributed by atoms with Crippen LogP contribution in [0.4, 0.5) is 5.69 Å². The first-order chi connectivity index (χ1) is 14.7. The Labute approximate surface area is 191 Å². The Hall–Kier alpha value is -2.38. The van der Waals surface area contributed by atoms with Crippen molar-refractivity contribution in [2.45, 2.75) is 27.2 Å². The van der Waals surface area contributed by atoms with Crippen molar-refractivity contribution in [3.8, 4) is 11.5 Å². The standard InChI is InChI=1S/C24H28BrN3O3/c1-16-4-6-18-21(14-16)31-20-7-5-17(25)15-19(20)26-22(18)28-12-10-27(11-13-28)9-8-24(2,3)23(29)30/h4-7,14-15H,8-13H2,1-3H3,(H,29,30). The van der Waals surface area contributed by atoms with Crippen LogP contribution in [0.15, 0.2) is 45.9 Å². The minimum atomic E-state index is -0.740. The van der Waals surface area contributed by atoms with Gasteiger partial charge in [-0.15, -0.1) is 0 Å². The Morgan fingerprint density at radius 3 is 2.58 bits per heavy atom. The van der Waals surface area contributed by atoms with Crippen molar-refractivity contribution in [1.29, 1.82) is 0 Å². The summed E-state index contributed by atoms with van der Waals surface area (Å²) in [5, 5.41) is 9.36. The summed E-state index contributed by atoms with van der Waals surface area (Å²) in [6.07, 6.45) is 0.640. The van der Waals surface area contributed by atoms with Crippen LogP contribution in [-0.2, 0) is 4.79 Å². The zero-order chi connectivity index (χ0) is 22.2. The van der Waals surface area contributed by atoms with E-state index in [-0.39, 0.29) is 0 Å². The van der Waals surface area contributed by atoms with Crippen molar-refractivity contribution in [2.24, 2.45) is 10.4 Å². The molecular weight excluding hydrogens is 458 g/mol. The third kappa shape index (κ3) is 4.77. The van der Waals surface area contributed by atoms with Gasteiger partial charge < -0.3 is 14.7 Å². The van der Waals surface area contributed by atoms with Gasteiger partial charge in [0, 0.05) is 30.7 Å². The molecule has 1 saturated heterocycles. The SMILES string of the molecule is Cc1ccc2c(c1)Oc1ccc(Br)cc1N=C2N1CCN(CCC(C)(C)C(=O)O)CC1. The molecule has 0 radical (unpaired) electrons. The molecule has 164 valence electrons. The summed E-state index contributed by atoms with van der Waals surface area (Å²) in [4.78, 5) is 21.1. The van der Waals surface area contributed by atoms with Crippen LogP contribution in [0.25, 0.3) is 0 Å². The highest BCUT2D eigenvalue weighted by Crippen LogP contribution is 2.40. The van der Waals surface area contributed by atoms with E-state index in [2.05, 4.69) is 50.9 Å². The Kier molecular flexibility index (Phi) is 6.08. The Morgan fingerprint density at radius 2 is 1.87 bits per heavy atom. The van der Waals surface area contributed by atoms with Gasteiger partial charge in [-0.25, -0.2) is 4.99 Å². The zero-order valence-electron chi connectivity index (χ0n) is 18.2. The molecule has 6 nitrogen and oxygen atoms in total. The van der Waals surface area contributed by atoms with Gasteiger partial charge in [-0.05, 0) is 69.6 Å². The van der Waals surface area contributed by atoms with Gasteiger partial charge in [0.25, 0.3) is 0 Å². The van der Waals surface area contributed by atoms with Gasteiger partial charge in [-0.2, -0.15) is 0 Å². The number of fused-ring (bicyclic) bond motifs is 2. The minimum absolute atomic E-state index is 0.640. The number of carboxylic acids is 1. The Balaban J connectivity index is 1.55. The molecule has 2 aliphatic heterocycles. The van der Waals surface area contributed by atoms with Crippen molar-refractivity contribution in [2.75, 3.05) is 32.7 Å². The number of aliphatic imine (C=N–C) groups is 1. The number of benzene rings is 2. The van der Waals surface area contributed by atoms with Crippen LogP contribution in [-0.4, -0.2) is 59.4 Å². The first-order valence-corrected chi connectivity index (χ1v) is 11.4. The number of piperazine rings is 1. The van der Waals surface area contributed by atoms with E-state index in [0.29, 0.717) is 6.42 Å². The summed E-state index contributed by atoms with van der Waals surface area (Å²) in [5.41, 5.74) is 2.25. The second-order valence-electron chi connectivity index (χ2n) is 8.92. The fraction of sp³-hybridized carbons (Fsp3) is 0.417. The fourth-order valence-electron chi connectivity index (χ4n) is 3.82. The van der Waals surface area contributed by atoms with Gasteiger partial charge in [0.15, 0.2) is 5.75 Å². The van der Waals surface area contributed by atoms with Crippen molar-refractivity contribution < 1.29 is 14.6 Å². The molecule has 1 N–H and O–H groups in total. The third-order valence-electron chi connectivity index (χ3n) is 6.05. The van der Waals surface area contributed by atoms with Crippen LogP contribution in [0.3, 0.4) is 0 Å². The number of hydrogen-bond acceptors (Lipinski definition) is 5. The molecule has 0 aromatic heterocycles. The van der Waals surface area contributed by atoms with Crippen LogP contribution >= 0.6 is 15.9 Å².